The van der Waals surface area contributed by atoms with Crippen LogP contribution in [0.4, 0.5) is 4.79 Å². The SMILES string of the molecule is CC[C@H]1CN(C(=O)NC2CCCCC2)CC[C@H]1CC(=O)[O-]. The number of carboxylic acids is 1. The van der Waals surface area contributed by atoms with Crippen molar-refractivity contribution in [2.75, 3.05) is 13.1 Å². The smallest absolute Gasteiger partial charge is 0.317 e. The maximum atomic E-state index is 12.3. The Morgan fingerprint density at radius 3 is 2.48 bits per heavy atom. The second-order valence-corrected chi connectivity index (χ2v) is 6.52. The second kappa shape index (κ2) is 7.66. The van der Waals surface area contributed by atoms with E-state index < -0.39 is 5.97 Å². The average Bonchev–Trinajstić information content (AvgIpc) is 2.48. The molecule has 2 fully saturated rings. The fourth-order valence-electron chi connectivity index (χ4n) is 3.72. The monoisotopic (exact) mass is 295 g/mol. The number of nitrogens with one attached hydrogen (secondary N) is 1. The fraction of sp³-hybridized carbons (Fsp3) is 0.875. The normalized spacial score (nSPS) is 27.4. The van der Waals surface area contributed by atoms with Crippen LogP contribution in [0.25, 0.3) is 0 Å². The second-order valence-electron chi connectivity index (χ2n) is 6.52. The Labute approximate surface area is 127 Å². The molecular formula is C16H27N2O3-. The number of aliphatic carboxylic acids is 1. The molecule has 0 unspecified atom stereocenters. The third-order valence-corrected chi connectivity index (χ3v) is 5.06. The summed E-state index contributed by atoms with van der Waals surface area (Å²) in [5, 5.41) is 14.0. The number of urea groups is 1. The minimum absolute atomic E-state index is 0.0345. The van der Waals surface area contributed by atoms with Gasteiger partial charge in [-0.1, -0.05) is 32.6 Å². The van der Waals surface area contributed by atoms with E-state index in [1.165, 1.54) is 19.3 Å². The molecule has 2 atom stereocenters. The molecule has 2 amide bonds. The number of hydrogen-bond acceptors (Lipinski definition) is 3. The van der Waals surface area contributed by atoms with Crippen LogP contribution in [0, 0.1) is 11.8 Å². The Morgan fingerprint density at radius 1 is 1.14 bits per heavy atom. The average molecular weight is 295 g/mol. The van der Waals surface area contributed by atoms with E-state index in [4.69, 9.17) is 0 Å². The van der Waals surface area contributed by atoms with Crippen LogP contribution in [0.3, 0.4) is 0 Å². The summed E-state index contributed by atoms with van der Waals surface area (Å²) in [7, 11) is 0. The first-order valence-electron chi connectivity index (χ1n) is 8.35. The predicted molar refractivity (Wildman–Crippen MR) is 78.5 cm³/mol. The molecule has 21 heavy (non-hydrogen) atoms. The summed E-state index contributed by atoms with van der Waals surface area (Å²) in [6.07, 6.45) is 7.66. The third kappa shape index (κ3) is 4.61. The lowest BCUT2D eigenvalue weighted by atomic mass is 9.81. The Hall–Kier alpha value is -1.26. The molecule has 1 heterocycles. The molecule has 120 valence electrons. The van der Waals surface area contributed by atoms with Gasteiger partial charge in [0.1, 0.15) is 0 Å². The van der Waals surface area contributed by atoms with Crippen molar-refractivity contribution >= 4 is 12.0 Å². The van der Waals surface area contributed by atoms with E-state index in [9.17, 15) is 14.7 Å². The molecule has 1 saturated carbocycles. The lowest BCUT2D eigenvalue weighted by Crippen LogP contribution is -2.51. The number of piperidine rings is 1. The molecule has 0 aromatic carbocycles. The number of carbonyl (C=O) groups excluding carboxylic acids is 2. The molecule has 0 bridgehead atoms. The highest BCUT2D eigenvalue weighted by atomic mass is 16.4. The summed E-state index contributed by atoms with van der Waals surface area (Å²) < 4.78 is 0. The van der Waals surface area contributed by atoms with E-state index in [-0.39, 0.29) is 24.3 Å². The van der Waals surface area contributed by atoms with Crippen LogP contribution < -0.4 is 10.4 Å². The van der Waals surface area contributed by atoms with E-state index in [1.807, 2.05) is 4.90 Å². The van der Waals surface area contributed by atoms with Crippen LogP contribution in [0.2, 0.25) is 0 Å². The van der Waals surface area contributed by atoms with E-state index in [0.29, 0.717) is 19.1 Å². The topological polar surface area (TPSA) is 72.5 Å². The summed E-state index contributed by atoms with van der Waals surface area (Å²) in [6.45, 7) is 3.40. The van der Waals surface area contributed by atoms with Crippen LogP contribution in [0.5, 0.6) is 0 Å². The Bertz CT molecular complexity index is 367. The van der Waals surface area contributed by atoms with Crippen LogP contribution in [-0.2, 0) is 4.79 Å². The van der Waals surface area contributed by atoms with Crippen molar-refractivity contribution in [2.45, 2.75) is 64.3 Å². The first kappa shape index (κ1) is 16.1. The van der Waals surface area contributed by atoms with Gasteiger partial charge < -0.3 is 20.1 Å². The summed E-state index contributed by atoms with van der Waals surface area (Å²) in [5.74, 6) is -0.550. The van der Waals surface area contributed by atoms with Crippen LogP contribution >= 0.6 is 0 Å². The van der Waals surface area contributed by atoms with Crippen molar-refractivity contribution in [3.8, 4) is 0 Å². The molecule has 2 aliphatic rings. The first-order chi connectivity index (χ1) is 10.1. The molecule has 1 aliphatic heterocycles. The van der Waals surface area contributed by atoms with Gasteiger partial charge in [0, 0.05) is 25.1 Å². The summed E-state index contributed by atoms with van der Waals surface area (Å²) in [6, 6.07) is 0.361. The van der Waals surface area contributed by atoms with Gasteiger partial charge in [0.2, 0.25) is 0 Å². The number of likely N-dealkylation sites (tertiary alicyclic amines) is 1. The molecule has 1 saturated heterocycles. The van der Waals surface area contributed by atoms with Crippen LogP contribution in [0.15, 0.2) is 0 Å². The van der Waals surface area contributed by atoms with Gasteiger partial charge in [-0.15, -0.1) is 0 Å². The number of hydrogen-bond donors (Lipinski definition) is 1. The Morgan fingerprint density at radius 2 is 1.86 bits per heavy atom. The Kier molecular flexibility index (Phi) is 5.88. The largest absolute Gasteiger partial charge is 0.550 e. The standard InChI is InChI=1S/C16H28N2O3/c1-2-12-11-18(9-8-13(12)10-15(19)20)16(21)17-14-6-4-3-5-7-14/h12-14H,2-11H2,1H3,(H,17,21)(H,19,20)/p-1/t12-,13-/m0/s1. The highest BCUT2D eigenvalue weighted by Gasteiger charge is 2.31. The van der Waals surface area contributed by atoms with Crippen LogP contribution in [-0.4, -0.2) is 36.0 Å². The van der Waals surface area contributed by atoms with Gasteiger partial charge >= 0.3 is 6.03 Å². The maximum Gasteiger partial charge on any atom is 0.317 e. The maximum absolute atomic E-state index is 12.3. The fourth-order valence-corrected chi connectivity index (χ4v) is 3.72. The van der Waals surface area contributed by atoms with Gasteiger partial charge in [-0.2, -0.15) is 0 Å². The lowest BCUT2D eigenvalue weighted by molar-refractivity contribution is -0.307. The highest BCUT2D eigenvalue weighted by molar-refractivity contribution is 5.74. The Balaban J connectivity index is 1.84. The molecule has 5 heteroatoms. The van der Waals surface area contributed by atoms with Gasteiger partial charge in [-0.05, 0) is 37.5 Å². The predicted octanol–water partition coefficient (Wildman–Crippen LogP) is 1.52. The summed E-state index contributed by atoms with van der Waals surface area (Å²) >= 11 is 0. The quantitative estimate of drug-likeness (QED) is 0.854. The molecule has 0 radical (unpaired) electrons. The number of carbonyl (C=O) groups is 2. The molecule has 0 aromatic rings. The zero-order valence-electron chi connectivity index (χ0n) is 13.0. The van der Waals surface area contributed by atoms with Gasteiger partial charge in [0.25, 0.3) is 0 Å². The molecule has 2 rings (SSSR count). The third-order valence-electron chi connectivity index (χ3n) is 5.06. The van der Waals surface area contributed by atoms with E-state index in [2.05, 4.69) is 12.2 Å². The molecule has 1 N–H and O–H groups in total. The van der Waals surface area contributed by atoms with Crippen molar-refractivity contribution in [3.63, 3.8) is 0 Å². The van der Waals surface area contributed by atoms with Gasteiger partial charge in [-0.3, -0.25) is 0 Å². The number of carboxylic acid groups (broad SMARTS) is 1. The van der Waals surface area contributed by atoms with Crippen molar-refractivity contribution in [2.24, 2.45) is 11.8 Å². The minimum Gasteiger partial charge on any atom is -0.550 e. The van der Waals surface area contributed by atoms with E-state index in [1.54, 1.807) is 0 Å². The highest BCUT2D eigenvalue weighted by Crippen LogP contribution is 2.29. The molecule has 0 spiro atoms. The molecule has 1 aliphatic carbocycles. The number of rotatable bonds is 4. The number of amides is 2. The van der Waals surface area contributed by atoms with Crippen molar-refractivity contribution in [3.05, 3.63) is 0 Å². The van der Waals surface area contributed by atoms with Gasteiger partial charge in [0.05, 0.1) is 0 Å². The molecule has 5 nitrogen and oxygen atoms in total. The summed E-state index contributed by atoms with van der Waals surface area (Å²) in [4.78, 5) is 25.0. The lowest BCUT2D eigenvalue weighted by Gasteiger charge is -2.39. The van der Waals surface area contributed by atoms with Gasteiger partial charge in [-0.25, -0.2) is 4.79 Å². The van der Waals surface area contributed by atoms with E-state index in [0.717, 1.165) is 25.7 Å². The molecule has 0 aromatic heterocycles. The van der Waals surface area contributed by atoms with E-state index >= 15 is 0 Å². The minimum atomic E-state index is -0.974. The van der Waals surface area contributed by atoms with Crippen molar-refractivity contribution in [1.29, 1.82) is 0 Å². The molecular weight excluding hydrogens is 268 g/mol. The van der Waals surface area contributed by atoms with Crippen LogP contribution in [0.1, 0.15) is 58.3 Å². The number of nitrogens with zero attached hydrogens (tertiary/aromatic N) is 1. The first-order valence-corrected chi connectivity index (χ1v) is 8.35. The van der Waals surface area contributed by atoms with Gasteiger partial charge in [0.15, 0.2) is 0 Å². The van der Waals surface area contributed by atoms with Crippen molar-refractivity contribution < 1.29 is 14.7 Å². The zero-order valence-corrected chi connectivity index (χ0v) is 13.0. The van der Waals surface area contributed by atoms with Crippen molar-refractivity contribution in [1.82, 2.24) is 10.2 Å². The summed E-state index contributed by atoms with van der Waals surface area (Å²) in [5.41, 5.74) is 0. The zero-order chi connectivity index (χ0) is 15.2.